The molecule has 0 aromatic heterocycles. The molecular weight excluding hydrogens is 284 g/mol. The summed E-state index contributed by atoms with van der Waals surface area (Å²) >= 11 is 0. The maximum atomic E-state index is 12.1. The normalized spacial score (nSPS) is 11.3. The van der Waals surface area contributed by atoms with Crippen LogP contribution in [0.4, 0.5) is 11.4 Å². The lowest BCUT2D eigenvalue weighted by atomic mass is 9.87. The maximum absolute atomic E-state index is 12.1. The number of carbonyl (C=O) groups excluding carboxylic acids is 1. The van der Waals surface area contributed by atoms with Gasteiger partial charge in [0.1, 0.15) is 0 Å². The SMILES string of the molecule is Cc1ccc(CCC(=O)Nc2ccc(C(C)(C)C)cc2)cc1N. The van der Waals surface area contributed by atoms with E-state index in [1.807, 2.05) is 37.3 Å². The lowest BCUT2D eigenvalue weighted by Crippen LogP contribution is -2.14. The van der Waals surface area contributed by atoms with E-state index in [0.717, 1.165) is 22.5 Å². The molecule has 0 saturated heterocycles. The van der Waals surface area contributed by atoms with E-state index in [0.29, 0.717) is 12.8 Å². The smallest absolute Gasteiger partial charge is 0.224 e. The van der Waals surface area contributed by atoms with Crippen molar-refractivity contribution in [2.75, 3.05) is 11.1 Å². The van der Waals surface area contributed by atoms with E-state index >= 15 is 0 Å². The Balaban J connectivity index is 1.90. The molecule has 2 aromatic carbocycles. The average Bonchev–Trinajstić information content (AvgIpc) is 2.48. The molecular formula is C20H26N2O. The molecule has 1 amide bonds. The van der Waals surface area contributed by atoms with Crippen molar-refractivity contribution in [1.29, 1.82) is 0 Å². The molecule has 0 spiro atoms. The number of nitrogen functional groups attached to an aromatic ring is 1. The summed E-state index contributed by atoms with van der Waals surface area (Å²) in [7, 11) is 0. The van der Waals surface area contributed by atoms with E-state index in [1.165, 1.54) is 5.56 Å². The van der Waals surface area contributed by atoms with Crippen LogP contribution in [-0.4, -0.2) is 5.91 Å². The lowest BCUT2D eigenvalue weighted by molar-refractivity contribution is -0.116. The molecule has 0 unspecified atom stereocenters. The topological polar surface area (TPSA) is 55.1 Å². The first-order chi connectivity index (χ1) is 10.8. The fourth-order valence-electron chi connectivity index (χ4n) is 2.38. The summed E-state index contributed by atoms with van der Waals surface area (Å²) in [6.07, 6.45) is 1.14. The van der Waals surface area contributed by atoms with Gasteiger partial charge in [0.15, 0.2) is 0 Å². The van der Waals surface area contributed by atoms with Gasteiger partial charge in [-0.3, -0.25) is 4.79 Å². The van der Waals surface area contributed by atoms with Crippen molar-refractivity contribution in [2.45, 2.75) is 46.0 Å². The van der Waals surface area contributed by atoms with Gasteiger partial charge in [0.05, 0.1) is 0 Å². The summed E-state index contributed by atoms with van der Waals surface area (Å²) < 4.78 is 0. The third-order valence-corrected chi connectivity index (χ3v) is 4.02. The Kier molecular flexibility index (Phi) is 5.09. The van der Waals surface area contributed by atoms with Crippen molar-refractivity contribution in [3.63, 3.8) is 0 Å². The molecule has 0 saturated carbocycles. The van der Waals surface area contributed by atoms with Crippen LogP contribution in [-0.2, 0) is 16.6 Å². The van der Waals surface area contributed by atoms with Gasteiger partial charge in [-0.15, -0.1) is 0 Å². The van der Waals surface area contributed by atoms with Gasteiger partial charge < -0.3 is 11.1 Å². The Labute approximate surface area is 138 Å². The van der Waals surface area contributed by atoms with Gasteiger partial charge in [-0.25, -0.2) is 0 Å². The van der Waals surface area contributed by atoms with Crippen LogP contribution in [0.3, 0.4) is 0 Å². The predicted octanol–water partition coefficient (Wildman–Crippen LogP) is 4.45. The fourth-order valence-corrected chi connectivity index (χ4v) is 2.38. The largest absolute Gasteiger partial charge is 0.399 e. The molecule has 0 aliphatic rings. The molecule has 0 fully saturated rings. The third-order valence-electron chi connectivity index (χ3n) is 4.02. The molecule has 0 aliphatic carbocycles. The summed E-state index contributed by atoms with van der Waals surface area (Å²) in [5, 5.41) is 2.95. The molecule has 23 heavy (non-hydrogen) atoms. The Morgan fingerprint density at radius 2 is 1.74 bits per heavy atom. The number of benzene rings is 2. The number of hydrogen-bond donors (Lipinski definition) is 2. The molecule has 0 atom stereocenters. The Morgan fingerprint density at radius 3 is 2.30 bits per heavy atom. The maximum Gasteiger partial charge on any atom is 0.224 e. The Morgan fingerprint density at radius 1 is 1.09 bits per heavy atom. The lowest BCUT2D eigenvalue weighted by Gasteiger charge is -2.19. The fraction of sp³-hybridized carbons (Fsp3) is 0.350. The number of aryl methyl sites for hydroxylation is 2. The molecule has 0 aliphatic heterocycles. The van der Waals surface area contributed by atoms with Gasteiger partial charge in [0, 0.05) is 17.8 Å². The summed E-state index contributed by atoms with van der Waals surface area (Å²) in [5.74, 6) is 0.0210. The molecule has 3 heteroatoms. The van der Waals surface area contributed by atoms with Crippen molar-refractivity contribution in [1.82, 2.24) is 0 Å². The van der Waals surface area contributed by atoms with Gasteiger partial charge in [-0.1, -0.05) is 45.0 Å². The number of amides is 1. The number of nitrogens with two attached hydrogens (primary N) is 1. The minimum Gasteiger partial charge on any atom is -0.399 e. The minimum absolute atomic E-state index is 0.0210. The minimum atomic E-state index is 0.0210. The van der Waals surface area contributed by atoms with Crippen LogP contribution in [0.5, 0.6) is 0 Å². The van der Waals surface area contributed by atoms with Crippen LogP contribution in [0.15, 0.2) is 42.5 Å². The standard InChI is InChI=1S/C20H26N2O/c1-14-5-6-15(13-18(14)21)7-12-19(23)22-17-10-8-16(9-11-17)20(2,3)4/h5-6,8-11,13H,7,12,21H2,1-4H3,(H,22,23). The van der Waals surface area contributed by atoms with Crippen LogP contribution in [0.1, 0.15) is 43.9 Å². The number of anilines is 2. The number of carbonyl (C=O) groups is 1. The summed E-state index contributed by atoms with van der Waals surface area (Å²) in [4.78, 5) is 12.1. The highest BCUT2D eigenvalue weighted by atomic mass is 16.1. The highest BCUT2D eigenvalue weighted by molar-refractivity contribution is 5.90. The van der Waals surface area contributed by atoms with E-state index < -0.39 is 0 Å². The number of nitrogens with one attached hydrogen (secondary N) is 1. The second-order valence-corrected chi connectivity index (χ2v) is 7.07. The molecule has 2 rings (SSSR count). The highest BCUT2D eigenvalue weighted by Gasteiger charge is 2.13. The summed E-state index contributed by atoms with van der Waals surface area (Å²) in [6, 6.07) is 14.0. The van der Waals surface area contributed by atoms with E-state index in [9.17, 15) is 4.79 Å². The Bertz CT molecular complexity index is 682. The molecule has 3 nitrogen and oxygen atoms in total. The first-order valence-corrected chi connectivity index (χ1v) is 8.01. The molecule has 2 aromatic rings. The number of rotatable bonds is 4. The van der Waals surface area contributed by atoms with Crippen molar-refractivity contribution in [3.05, 3.63) is 59.2 Å². The molecule has 0 bridgehead atoms. The zero-order chi connectivity index (χ0) is 17.0. The van der Waals surface area contributed by atoms with Crippen LogP contribution in [0, 0.1) is 6.92 Å². The second-order valence-electron chi connectivity index (χ2n) is 7.07. The van der Waals surface area contributed by atoms with Crippen molar-refractivity contribution >= 4 is 17.3 Å². The van der Waals surface area contributed by atoms with E-state index in [4.69, 9.17) is 5.73 Å². The quantitative estimate of drug-likeness (QED) is 0.820. The molecule has 0 heterocycles. The van der Waals surface area contributed by atoms with E-state index in [1.54, 1.807) is 0 Å². The van der Waals surface area contributed by atoms with Crippen LogP contribution in [0.25, 0.3) is 0 Å². The van der Waals surface area contributed by atoms with Gasteiger partial charge in [0.2, 0.25) is 5.91 Å². The van der Waals surface area contributed by atoms with Crippen LogP contribution in [0.2, 0.25) is 0 Å². The zero-order valence-electron chi connectivity index (χ0n) is 14.4. The molecule has 3 N–H and O–H groups in total. The van der Waals surface area contributed by atoms with E-state index in [-0.39, 0.29) is 11.3 Å². The predicted molar refractivity (Wildman–Crippen MR) is 97.7 cm³/mol. The zero-order valence-corrected chi connectivity index (χ0v) is 14.4. The molecule has 122 valence electrons. The number of hydrogen-bond acceptors (Lipinski definition) is 2. The Hall–Kier alpha value is -2.29. The van der Waals surface area contributed by atoms with Crippen molar-refractivity contribution in [3.8, 4) is 0 Å². The highest BCUT2D eigenvalue weighted by Crippen LogP contribution is 2.23. The monoisotopic (exact) mass is 310 g/mol. The van der Waals surface area contributed by atoms with Gasteiger partial charge in [-0.2, -0.15) is 0 Å². The first-order valence-electron chi connectivity index (χ1n) is 8.01. The summed E-state index contributed by atoms with van der Waals surface area (Å²) in [6.45, 7) is 8.50. The van der Waals surface area contributed by atoms with E-state index in [2.05, 4.69) is 38.2 Å². The van der Waals surface area contributed by atoms with Crippen molar-refractivity contribution < 1.29 is 4.79 Å². The second kappa shape index (κ2) is 6.86. The average molecular weight is 310 g/mol. The van der Waals surface area contributed by atoms with Gasteiger partial charge in [-0.05, 0) is 53.6 Å². The first kappa shape index (κ1) is 17.1. The summed E-state index contributed by atoms with van der Waals surface area (Å²) in [5.41, 5.74) is 11.0. The van der Waals surface area contributed by atoms with Gasteiger partial charge in [0.25, 0.3) is 0 Å². The van der Waals surface area contributed by atoms with Gasteiger partial charge >= 0.3 is 0 Å². The third kappa shape index (κ3) is 4.85. The van der Waals surface area contributed by atoms with Crippen LogP contribution < -0.4 is 11.1 Å². The molecule has 0 radical (unpaired) electrons. The van der Waals surface area contributed by atoms with Crippen molar-refractivity contribution in [2.24, 2.45) is 0 Å². The van der Waals surface area contributed by atoms with Crippen LogP contribution >= 0.6 is 0 Å².